The fourth-order valence-electron chi connectivity index (χ4n) is 2.10. The van der Waals surface area contributed by atoms with E-state index in [1.54, 1.807) is 6.07 Å². The van der Waals surface area contributed by atoms with Gasteiger partial charge in [0.05, 0.1) is 11.0 Å². The first kappa shape index (κ1) is 15.5. The van der Waals surface area contributed by atoms with Gasteiger partial charge in [0.25, 0.3) is 5.69 Å². The molecule has 0 aliphatic carbocycles. The van der Waals surface area contributed by atoms with Crippen molar-refractivity contribution in [1.82, 2.24) is 0 Å². The number of nitro benzene ring substituents is 1. The number of aliphatic hydroxyl groups is 1. The fourth-order valence-corrected chi connectivity index (χ4v) is 2.10. The van der Waals surface area contributed by atoms with Gasteiger partial charge in [0.1, 0.15) is 11.6 Å². The lowest BCUT2D eigenvalue weighted by molar-refractivity contribution is -0.385. The van der Waals surface area contributed by atoms with Crippen LogP contribution in [0.4, 0.5) is 11.4 Å². The average molecular weight is 297 g/mol. The van der Waals surface area contributed by atoms with Crippen LogP contribution < -0.4 is 5.32 Å². The lowest BCUT2D eigenvalue weighted by atomic mass is 10.1. The molecule has 0 spiro atoms. The van der Waals surface area contributed by atoms with Crippen molar-refractivity contribution in [2.75, 3.05) is 11.9 Å². The van der Waals surface area contributed by atoms with Crippen molar-refractivity contribution < 1.29 is 10.0 Å². The second-order valence-corrected chi connectivity index (χ2v) is 4.91. The number of hydrogen-bond donors (Lipinski definition) is 2. The molecule has 0 aromatic heterocycles. The lowest BCUT2D eigenvalue weighted by Crippen LogP contribution is -2.12. The van der Waals surface area contributed by atoms with E-state index < -0.39 is 11.0 Å². The van der Waals surface area contributed by atoms with Gasteiger partial charge < -0.3 is 10.4 Å². The third kappa shape index (κ3) is 3.59. The summed E-state index contributed by atoms with van der Waals surface area (Å²) in [6.07, 6.45) is -0.708. The van der Waals surface area contributed by atoms with Crippen molar-refractivity contribution in [3.05, 3.63) is 69.3 Å². The number of hydrogen-bond acceptors (Lipinski definition) is 5. The van der Waals surface area contributed by atoms with Crippen molar-refractivity contribution in [1.29, 1.82) is 5.26 Å². The van der Waals surface area contributed by atoms with Gasteiger partial charge in [0, 0.05) is 18.3 Å². The van der Waals surface area contributed by atoms with Gasteiger partial charge in [-0.05, 0) is 24.6 Å². The van der Waals surface area contributed by atoms with Gasteiger partial charge >= 0.3 is 0 Å². The number of nitrogens with one attached hydrogen (secondary N) is 1. The molecular weight excluding hydrogens is 282 g/mol. The maximum atomic E-state index is 10.8. The SMILES string of the molecule is Cc1cccc(C(O)CNc2ccc([N+](=O)[O-])c(C#N)c2)c1. The van der Waals surface area contributed by atoms with Gasteiger partial charge in [0.15, 0.2) is 0 Å². The van der Waals surface area contributed by atoms with E-state index in [1.807, 2.05) is 31.2 Å². The molecule has 6 heteroatoms. The van der Waals surface area contributed by atoms with E-state index in [1.165, 1.54) is 18.2 Å². The highest BCUT2D eigenvalue weighted by molar-refractivity contribution is 5.58. The minimum Gasteiger partial charge on any atom is -0.387 e. The quantitative estimate of drug-likeness (QED) is 0.653. The first-order chi connectivity index (χ1) is 10.5. The summed E-state index contributed by atoms with van der Waals surface area (Å²) in [4.78, 5) is 10.2. The van der Waals surface area contributed by atoms with Gasteiger partial charge in [-0.15, -0.1) is 0 Å². The molecule has 0 aliphatic rings. The zero-order valence-corrected chi connectivity index (χ0v) is 12.0. The number of aryl methyl sites for hydroxylation is 1. The van der Waals surface area contributed by atoms with Crippen molar-refractivity contribution >= 4 is 11.4 Å². The highest BCUT2D eigenvalue weighted by Crippen LogP contribution is 2.22. The van der Waals surface area contributed by atoms with Crippen molar-refractivity contribution in [2.45, 2.75) is 13.0 Å². The molecule has 0 radical (unpaired) electrons. The third-order valence-electron chi connectivity index (χ3n) is 3.24. The van der Waals surface area contributed by atoms with E-state index in [9.17, 15) is 15.2 Å². The van der Waals surface area contributed by atoms with Crippen LogP contribution in [0.15, 0.2) is 42.5 Å². The van der Waals surface area contributed by atoms with Gasteiger partial charge in [-0.1, -0.05) is 29.8 Å². The topological polar surface area (TPSA) is 99.2 Å². The van der Waals surface area contributed by atoms with Gasteiger partial charge in [-0.2, -0.15) is 5.26 Å². The standard InChI is InChI=1S/C16H15N3O3/c1-11-3-2-4-12(7-11)16(20)10-18-14-5-6-15(19(21)22)13(8-14)9-17/h2-8,16,18,20H,10H2,1H3. The summed E-state index contributed by atoms with van der Waals surface area (Å²) in [5, 5.41) is 32.8. The molecule has 2 aromatic carbocycles. The predicted octanol–water partition coefficient (Wildman–Crippen LogP) is 2.92. The molecule has 0 amide bonds. The Hall–Kier alpha value is -2.91. The van der Waals surface area contributed by atoms with Crippen LogP contribution in [0.1, 0.15) is 22.8 Å². The molecule has 0 bridgehead atoms. The lowest BCUT2D eigenvalue weighted by Gasteiger charge is -2.14. The van der Waals surface area contributed by atoms with E-state index in [0.29, 0.717) is 5.69 Å². The Morgan fingerprint density at radius 3 is 2.77 bits per heavy atom. The second kappa shape index (κ2) is 6.70. The Kier molecular flexibility index (Phi) is 4.71. The maximum absolute atomic E-state index is 10.8. The maximum Gasteiger partial charge on any atom is 0.287 e. The molecule has 2 aromatic rings. The number of aliphatic hydroxyl groups excluding tert-OH is 1. The van der Waals surface area contributed by atoms with E-state index in [4.69, 9.17) is 5.26 Å². The summed E-state index contributed by atoms with van der Waals surface area (Å²) in [6.45, 7) is 2.19. The minimum absolute atomic E-state index is 0.0138. The molecular formula is C16H15N3O3. The van der Waals surface area contributed by atoms with Crippen LogP contribution in [0.5, 0.6) is 0 Å². The van der Waals surface area contributed by atoms with Crippen molar-refractivity contribution in [3.63, 3.8) is 0 Å². The molecule has 0 fully saturated rings. The number of rotatable bonds is 5. The number of nitriles is 1. The van der Waals surface area contributed by atoms with Crippen LogP contribution >= 0.6 is 0 Å². The Bertz CT molecular complexity index is 738. The molecule has 1 unspecified atom stereocenters. The largest absolute Gasteiger partial charge is 0.387 e. The number of anilines is 1. The molecule has 0 saturated carbocycles. The van der Waals surface area contributed by atoms with E-state index >= 15 is 0 Å². The van der Waals surface area contributed by atoms with Crippen LogP contribution in [0.2, 0.25) is 0 Å². The first-order valence-corrected chi connectivity index (χ1v) is 6.68. The fraction of sp³-hybridized carbons (Fsp3) is 0.188. The van der Waals surface area contributed by atoms with E-state index in [0.717, 1.165) is 11.1 Å². The molecule has 112 valence electrons. The average Bonchev–Trinajstić information content (AvgIpc) is 2.52. The van der Waals surface area contributed by atoms with Gasteiger partial charge in [0.2, 0.25) is 0 Å². The van der Waals surface area contributed by atoms with Crippen LogP contribution in [0.25, 0.3) is 0 Å². The molecule has 0 saturated heterocycles. The normalized spacial score (nSPS) is 11.5. The zero-order valence-electron chi connectivity index (χ0n) is 12.0. The smallest absolute Gasteiger partial charge is 0.287 e. The molecule has 1 atom stereocenters. The summed E-state index contributed by atoms with van der Waals surface area (Å²) < 4.78 is 0. The monoisotopic (exact) mass is 297 g/mol. The van der Waals surface area contributed by atoms with Gasteiger partial charge in [-0.3, -0.25) is 10.1 Å². The van der Waals surface area contributed by atoms with Crippen LogP contribution in [-0.4, -0.2) is 16.6 Å². The second-order valence-electron chi connectivity index (χ2n) is 4.91. The first-order valence-electron chi connectivity index (χ1n) is 6.68. The number of nitro groups is 1. The number of nitrogens with zero attached hydrogens (tertiary/aromatic N) is 2. The molecule has 0 heterocycles. The minimum atomic E-state index is -0.708. The summed E-state index contributed by atoms with van der Waals surface area (Å²) in [6, 6.07) is 13.5. The summed E-state index contributed by atoms with van der Waals surface area (Å²) >= 11 is 0. The Morgan fingerprint density at radius 1 is 1.36 bits per heavy atom. The zero-order chi connectivity index (χ0) is 16.1. The molecule has 2 rings (SSSR count). The van der Waals surface area contributed by atoms with E-state index in [2.05, 4.69) is 5.32 Å². The highest BCUT2D eigenvalue weighted by atomic mass is 16.6. The Morgan fingerprint density at radius 2 is 2.14 bits per heavy atom. The molecule has 0 aliphatic heterocycles. The molecule has 22 heavy (non-hydrogen) atoms. The van der Waals surface area contributed by atoms with Crippen LogP contribution in [-0.2, 0) is 0 Å². The Labute approximate surface area is 127 Å². The van der Waals surface area contributed by atoms with Crippen LogP contribution in [0.3, 0.4) is 0 Å². The summed E-state index contributed by atoms with van der Waals surface area (Å²) in [7, 11) is 0. The van der Waals surface area contributed by atoms with E-state index in [-0.39, 0.29) is 17.8 Å². The summed E-state index contributed by atoms with van der Waals surface area (Å²) in [5.41, 5.74) is 2.15. The number of benzene rings is 2. The third-order valence-corrected chi connectivity index (χ3v) is 3.24. The highest BCUT2D eigenvalue weighted by Gasteiger charge is 2.14. The van der Waals surface area contributed by atoms with Gasteiger partial charge in [-0.25, -0.2) is 0 Å². The van der Waals surface area contributed by atoms with Crippen LogP contribution in [0, 0.1) is 28.4 Å². The molecule has 2 N–H and O–H groups in total. The van der Waals surface area contributed by atoms with Crippen molar-refractivity contribution in [2.24, 2.45) is 0 Å². The van der Waals surface area contributed by atoms with Crippen molar-refractivity contribution in [3.8, 4) is 6.07 Å². The Balaban J connectivity index is 2.09. The predicted molar refractivity (Wildman–Crippen MR) is 82.4 cm³/mol. The summed E-state index contributed by atoms with van der Waals surface area (Å²) in [5.74, 6) is 0. The molecule has 6 nitrogen and oxygen atoms in total.